The maximum absolute atomic E-state index is 11.1. The largest absolute Gasteiger partial charge is 0.372 e. The van der Waals surface area contributed by atoms with Gasteiger partial charge in [0, 0.05) is 6.61 Å². The predicted molar refractivity (Wildman–Crippen MR) is 69.4 cm³/mol. The van der Waals surface area contributed by atoms with E-state index in [9.17, 15) is 4.79 Å². The minimum Gasteiger partial charge on any atom is -0.372 e. The summed E-state index contributed by atoms with van der Waals surface area (Å²) in [5.74, 6) is 0. The van der Waals surface area contributed by atoms with Gasteiger partial charge < -0.3 is 4.74 Å². The highest BCUT2D eigenvalue weighted by atomic mass is 16.5. The zero-order valence-corrected chi connectivity index (χ0v) is 10.7. The van der Waals surface area contributed by atoms with Gasteiger partial charge in [0.25, 0.3) is 0 Å². The molecule has 0 bridgehead atoms. The molecule has 1 unspecified atom stereocenters. The molecule has 3 rings (SSSR count). The fourth-order valence-corrected chi connectivity index (χ4v) is 2.36. The maximum atomic E-state index is 11.1. The molecule has 1 aliphatic heterocycles. The second kappa shape index (κ2) is 4.93. The van der Waals surface area contributed by atoms with E-state index in [1.807, 2.05) is 31.2 Å². The summed E-state index contributed by atoms with van der Waals surface area (Å²) < 4.78 is 7.37. The van der Waals surface area contributed by atoms with Crippen molar-refractivity contribution in [2.24, 2.45) is 0 Å². The molecule has 2 aromatic rings. The lowest BCUT2D eigenvalue weighted by molar-refractivity contribution is 0.102. The molecule has 0 saturated carbocycles. The number of aryl methyl sites for hydroxylation is 1. The Morgan fingerprint density at radius 2 is 2.16 bits per heavy atom. The molecule has 1 saturated heterocycles. The quantitative estimate of drug-likeness (QED) is 0.791. The van der Waals surface area contributed by atoms with Crippen LogP contribution < -0.4 is 0 Å². The molecule has 5 heteroatoms. The number of aromatic nitrogens is 3. The molecular weight excluding hydrogens is 242 g/mol. The molecule has 1 atom stereocenters. The Morgan fingerprint density at radius 3 is 2.79 bits per heavy atom. The molecule has 0 amide bonds. The fourth-order valence-electron chi connectivity index (χ4n) is 2.36. The van der Waals surface area contributed by atoms with E-state index in [2.05, 4.69) is 10.3 Å². The lowest BCUT2D eigenvalue weighted by Gasteiger charge is -2.12. The predicted octanol–water partition coefficient (Wildman–Crippen LogP) is 2.24. The molecule has 0 radical (unpaired) electrons. The molecule has 2 heterocycles. The zero-order chi connectivity index (χ0) is 13.2. The van der Waals surface area contributed by atoms with Gasteiger partial charge >= 0.3 is 0 Å². The van der Waals surface area contributed by atoms with Crippen LogP contribution >= 0.6 is 0 Å². The molecule has 0 spiro atoms. The van der Waals surface area contributed by atoms with Crippen molar-refractivity contribution in [1.29, 1.82) is 0 Å². The first-order chi connectivity index (χ1) is 9.29. The number of hydrogen-bond donors (Lipinski definition) is 0. The summed E-state index contributed by atoms with van der Waals surface area (Å²) >= 11 is 0. The third-order valence-corrected chi connectivity index (χ3v) is 3.36. The zero-order valence-electron chi connectivity index (χ0n) is 10.7. The minimum absolute atomic E-state index is 0.0866. The number of carbonyl (C=O) groups is 1. The van der Waals surface area contributed by atoms with Gasteiger partial charge in [0.05, 0.1) is 5.69 Å². The van der Waals surface area contributed by atoms with Gasteiger partial charge in [-0.3, -0.25) is 4.79 Å². The lowest BCUT2D eigenvalue weighted by Crippen LogP contribution is -2.08. The van der Waals surface area contributed by atoms with Crippen molar-refractivity contribution >= 4 is 6.29 Å². The van der Waals surface area contributed by atoms with Gasteiger partial charge in [-0.05, 0) is 31.9 Å². The number of benzene rings is 1. The summed E-state index contributed by atoms with van der Waals surface area (Å²) in [5.41, 5.74) is 3.21. The molecule has 5 nitrogen and oxygen atoms in total. The molecule has 1 fully saturated rings. The normalized spacial score (nSPS) is 18.7. The molecule has 1 aromatic carbocycles. The third kappa shape index (κ3) is 2.17. The monoisotopic (exact) mass is 257 g/mol. The summed E-state index contributed by atoms with van der Waals surface area (Å²) in [5, 5.41) is 8.03. The van der Waals surface area contributed by atoms with E-state index >= 15 is 0 Å². The van der Waals surface area contributed by atoms with Gasteiger partial charge in [-0.15, -0.1) is 5.10 Å². The van der Waals surface area contributed by atoms with Crippen LogP contribution in [0.2, 0.25) is 0 Å². The van der Waals surface area contributed by atoms with E-state index in [0.717, 1.165) is 37.1 Å². The Balaban J connectivity index is 2.07. The molecule has 98 valence electrons. The summed E-state index contributed by atoms with van der Waals surface area (Å²) in [4.78, 5) is 11.1. The standard InChI is InChI=1S/C14H15N3O2/c1-10-4-6-11(7-5-10)17-14(12(9-18)15-16-17)13-3-2-8-19-13/h4-7,9,13H,2-3,8H2,1H3. The minimum atomic E-state index is -0.0866. The van der Waals surface area contributed by atoms with Gasteiger partial charge in [0.2, 0.25) is 0 Å². The first-order valence-electron chi connectivity index (χ1n) is 6.39. The maximum Gasteiger partial charge on any atom is 0.172 e. The highest BCUT2D eigenvalue weighted by Crippen LogP contribution is 2.30. The number of rotatable bonds is 3. The first-order valence-corrected chi connectivity index (χ1v) is 6.39. The van der Waals surface area contributed by atoms with Crippen LogP contribution in [0.5, 0.6) is 0 Å². The van der Waals surface area contributed by atoms with Crippen LogP contribution in [0.25, 0.3) is 5.69 Å². The SMILES string of the molecule is Cc1ccc(-n2nnc(C=O)c2C2CCCO2)cc1. The van der Waals surface area contributed by atoms with Crippen LogP contribution in [-0.4, -0.2) is 27.9 Å². The highest BCUT2D eigenvalue weighted by molar-refractivity contribution is 5.73. The topological polar surface area (TPSA) is 57.0 Å². The Bertz CT molecular complexity index is 583. The Labute approximate surface area is 111 Å². The van der Waals surface area contributed by atoms with Crippen molar-refractivity contribution in [1.82, 2.24) is 15.0 Å². The van der Waals surface area contributed by atoms with Crippen LogP contribution in [0.15, 0.2) is 24.3 Å². The third-order valence-electron chi connectivity index (χ3n) is 3.36. The van der Waals surface area contributed by atoms with Gasteiger partial charge in [0.1, 0.15) is 11.8 Å². The summed E-state index contributed by atoms with van der Waals surface area (Å²) in [6, 6.07) is 7.96. The van der Waals surface area contributed by atoms with Gasteiger partial charge in [-0.25, -0.2) is 4.68 Å². The van der Waals surface area contributed by atoms with E-state index in [1.54, 1.807) is 4.68 Å². The van der Waals surface area contributed by atoms with Crippen LogP contribution in [0.1, 0.15) is 40.7 Å². The van der Waals surface area contributed by atoms with Gasteiger partial charge in [-0.1, -0.05) is 22.9 Å². The van der Waals surface area contributed by atoms with E-state index < -0.39 is 0 Å². The summed E-state index contributed by atoms with van der Waals surface area (Å²) in [6.07, 6.45) is 2.56. The number of carbonyl (C=O) groups excluding carboxylic acids is 1. The van der Waals surface area contributed by atoms with E-state index in [4.69, 9.17) is 4.74 Å². The Hall–Kier alpha value is -2.01. The molecule has 1 aliphatic rings. The Kier molecular flexibility index (Phi) is 3.13. The number of ether oxygens (including phenoxy) is 1. The average molecular weight is 257 g/mol. The number of hydrogen-bond acceptors (Lipinski definition) is 4. The fraction of sp³-hybridized carbons (Fsp3) is 0.357. The van der Waals surface area contributed by atoms with E-state index in [1.165, 1.54) is 5.56 Å². The van der Waals surface area contributed by atoms with Crippen molar-refractivity contribution < 1.29 is 9.53 Å². The van der Waals surface area contributed by atoms with Crippen molar-refractivity contribution in [3.8, 4) is 5.69 Å². The van der Waals surface area contributed by atoms with Crippen LogP contribution in [0.3, 0.4) is 0 Å². The second-order valence-electron chi connectivity index (χ2n) is 4.73. The second-order valence-corrected chi connectivity index (χ2v) is 4.73. The number of aldehydes is 1. The number of nitrogens with zero attached hydrogens (tertiary/aromatic N) is 3. The summed E-state index contributed by atoms with van der Waals surface area (Å²) in [7, 11) is 0. The van der Waals surface area contributed by atoms with E-state index in [0.29, 0.717) is 5.69 Å². The highest BCUT2D eigenvalue weighted by Gasteiger charge is 2.26. The lowest BCUT2D eigenvalue weighted by atomic mass is 10.1. The molecule has 0 N–H and O–H groups in total. The Morgan fingerprint density at radius 1 is 1.37 bits per heavy atom. The van der Waals surface area contributed by atoms with Crippen molar-refractivity contribution in [2.75, 3.05) is 6.61 Å². The van der Waals surface area contributed by atoms with Crippen LogP contribution in [0, 0.1) is 6.92 Å². The van der Waals surface area contributed by atoms with Crippen molar-refractivity contribution in [3.63, 3.8) is 0 Å². The van der Waals surface area contributed by atoms with Crippen LogP contribution in [-0.2, 0) is 4.74 Å². The molecule has 0 aliphatic carbocycles. The smallest absolute Gasteiger partial charge is 0.172 e. The first kappa shape index (κ1) is 12.0. The summed E-state index contributed by atoms with van der Waals surface area (Å²) in [6.45, 7) is 2.75. The molecule has 19 heavy (non-hydrogen) atoms. The average Bonchev–Trinajstić information content (AvgIpc) is 3.07. The molecule has 1 aromatic heterocycles. The van der Waals surface area contributed by atoms with E-state index in [-0.39, 0.29) is 6.10 Å². The molecular formula is C14H15N3O2. The van der Waals surface area contributed by atoms with Crippen LogP contribution in [0.4, 0.5) is 0 Å². The van der Waals surface area contributed by atoms with Crippen molar-refractivity contribution in [3.05, 3.63) is 41.2 Å². The van der Waals surface area contributed by atoms with Gasteiger partial charge in [-0.2, -0.15) is 0 Å². The van der Waals surface area contributed by atoms with Crippen molar-refractivity contribution in [2.45, 2.75) is 25.9 Å². The van der Waals surface area contributed by atoms with Gasteiger partial charge in [0.15, 0.2) is 12.0 Å².